The molecule has 0 unspecified atom stereocenters. The third kappa shape index (κ3) is 2.46. The van der Waals surface area contributed by atoms with Crippen molar-refractivity contribution in [3.63, 3.8) is 0 Å². The summed E-state index contributed by atoms with van der Waals surface area (Å²) in [5.41, 5.74) is 1.48. The normalized spacial score (nSPS) is 22.2. The van der Waals surface area contributed by atoms with Gasteiger partial charge >= 0.3 is 0 Å². The first-order valence-electron chi connectivity index (χ1n) is 8.07. The second-order valence-corrected chi connectivity index (χ2v) is 6.88. The minimum atomic E-state index is 0.348. The van der Waals surface area contributed by atoms with Crippen LogP contribution in [0, 0.1) is 6.92 Å². The molecule has 0 bridgehead atoms. The van der Waals surface area contributed by atoms with Crippen molar-refractivity contribution in [3.05, 3.63) is 11.9 Å². The zero-order chi connectivity index (χ0) is 14.2. The molecule has 2 saturated carbocycles. The predicted molar refractivity (Wildman–Crippen MR) is 83.2 cm³/mol. The topological polar surface area (TPSA) is 33.1 Å². The minimum absolute atomic E-state index is 0.348. The van der Waals surface area contributed by atoms with E-state index in [1.54, 1.807) is 0 Å². The van der Waals surface area contributed by atoms with Crippen LogP contribution in [-0.2, 0) is 0 Å². The lowest BCUT2D eigenvalue weighted by Crippen LogP contribution is -2.54. The van der Waals surface area contributed by atoms with Gasteiger partial charge in [-0.05, 0) is 53.1 Å². The van der Waals surface area contributed by atoms with Gasteiger partial charge in [0, 0.05) is 24.3 Å². The predicted octanol–water partition coefficient (Wildman–Crippen LogP) is 3.20. The highest BCUT2D eigenvalue weighted by atomic mass is 15.3. The van der Waals surface area contributed by atoms with Crippen molar-refractivity contribution in [2.24, 2.45) is 0 Å². The van der Waals surface area contributed by atoms with Gasteiger partial charge in [-0.2, -0.15) is 0 Å². The van der Waals surface area contributed by atoms with Gasteiger partial charge in [0.05, 0.1) is 5.69 Å². The van der Waals surface area contributed by atoms with Gasteiger partial charge in [-0.1, -0.05) is 12.8 Å². The molecule has 4 nitrogen and oxygen atoms in total. The zero-order valence-corrected chi connectivity index (χ0v) is 13.2. The molecule has 3 rings (SSSR count). The smallest absolute Gasteiger partial charge is 0.203 e. The molecule has 0 saturated heterocycles. The first-order valence-corrected chi connectivity index (χ1v) is 8.07. The lowest BCUT2D eigenvalue weighted by molar-refractivity contribution is 0.0736. The van der Waals surface area contributed by atoms with Gasteiger partial charge in [0.2, 0.25) is 5.95 Å². The Morgan fingerprint density at radius 1 is 1.30 bits per heavy atom. The average Bonchev–Trinajstić information content (AvgIpc) is 2.96. The average molecular weight is 276 g/mol. The molecular formula is C16H28N4. The SMILES string of the molecule is Cc1cn(C2CCCC2)c(NCC2(N(C)C)CCC2)n1. The number of anilines is 1. The van der Waals surface area contributed by atoms with Crippen molar-refractivity contribution < 1.29 is 0 Å². The number of nitrogens with zero attached hydrogens (tertiary/aromatic N) is 3. The molecule has 112 valence electrons. The fourth-order valence-corrected chi connectivity index (χ4v) is 3.72. The number of aromatic nitrogens is 2. The fraction of sp³-hybridized carbons (Fsp3) is 0.812. The van der Waals surface area contributed by atoms with Gasteiger partial charge in [-0.25, -0.2) is 4.98 Å². The third-order valence-electron chi connectivity index (χ3n) is 5.38. The van der Waals surface area contributed by atoms with Crippen molar-refractivity contribution >= 4 is 5.95 Å². The van der Waals surface area contributed by atoms with Crippen LogP contribution >= 0.6 is 0 Å². The Morgan fingerprint density at radius 3 is 2.55 bits per heavy atom. The molecule has 0 atom stereocenters. The fourth-order valence-electron chi connectivity index (χ4n) is 3.72. The third-order valence-corrected chi connectivity index (χ3v) is 5.38. The Hall–Kier alpha value is -1.03. The lowest BCUT2D eigenvalue weighted by atomic mass is 9.75. The van der Waals surface area contributed by atoms with Crippen molar-refractivity contribution in [2.45, 2.75) is 63.5 Å². The Labute approximate surface area is 122 Å². The molecule has 20 heavy (non-hydrogen) atoms. The maximum atomic E-state index is 4.71. The molecule has 0 aliphatic heterocycles. The van der Waals surface area contributed by atoms with Crippen LogP contribution in [-0.4, -0.2) is 40.6 Å². The van der Waals surface area contributed by atoms with E-state index in [-0.39, 0.29) is 0 Å². The Morgan fingerprint density at radius 2 is 2.00 bits per heavy atom. The molecule has 4 heteroatoms. The second-order valence-electron chi connectivity index (χ2n) is 6.88. The number of hydrogen-bond donors (Lipinski definition) is 1. The summed E-state index contributed by atoms with van der Waals surface area (Å²) < 4.78 is 2.39. The molecule has 0 spiro atoms. The quantitative estimate of drug-likeness (QED) is 0.896. The summed E-state index contributed by atoms with van der Waals surface area (Å²) in [5, 5.41) is 3.65. The van der Waals surface area contributed by atoms with Crippen molar-refractivity contribution in [1.29, 1.82) is 0 Å². The summed E-state index contributed by atoms with van der Waals surface area (Å²) >= 11 is 0. The standard InChI is InChI=1S/C16H28N4/c1-13-11-20(14-7-4-5-8-14)15(18-13)17-12-16(19(2)3)9-6-10-16/h11,14H,4-10,12H2,1-3H3,(H,17,18). The van der Waals surface area contributed by atoms with Crippen LogP contribution < -0.4 is 5.32 Å². The molecule has 1 aromatic rings. The molecular weight excluding hydrogens is 248 g/mol. The molecule has 2 fully saturated rings. The number of hydrogen-bond acceptors (Lipinski definition) is 3. The molecule has 1 N–H and O–H groups in total. The van der Waals surface area contributed by atoms with Gasteiger partial charge in [0.1, 0.15) is 0 Å². The molecule has 1 heterocycles. The van der Waals surface area contributed by atoms with E-state index in [1.807, 2.05) is 0 Å². The maximum absolute atomic E-state index is 4.71. The Balaban J connectivity index is 1.71. The van der Waals surface area contributed by atoms with Gasteiger partial charge in [0.15, 0.2) is 0 Å². The zero-order valence-electron chi connectivity index (χ0n) is 13.2. The van der Waals surface area contributed by atoms with E-state index in [0.717, 1.165) is 18.2 Å². The number of rotatable bonds is 5. The first-order chi connectivity index (χ1) is 9.61. The van der Waals surface area contributed by atoms with E-state index in [0.29, 0.717) is 11.6 Å². The number of aryl methyl sites for hydroxylation is 1. The second kappa shape index (κ2) is 5.40. The van der Waals surface area contributed by atoms with Crippen LogP contribution in [0.15, 0.2) is 6.20 Å². The van der Waals surface area contributed by atoms with Gasteiger partial charge in [-0.15, -0.1) is 0 Å². The van der Waals surface area contributed by atoms with Crippen molar-refractivity contribution in [1.82, 2.24) is 14.5 Å². The van der Waals surface area contributed by atoms with Crippen molar-refractivity contribution in [3.8, 4) is 0 Å². The highest BCUT2D eigenvalue weighted by molar-refractivity contribution is 5.31. The van der Waals surface area contributed by atoms with E-state index < -0.39 is 0 Å². The molecule has 0 amide bonds. The lowest BCUT2D eigenvalue weighted by Gasteiger charge is -2.47. The molecule has 0 radical (unpaired) electrons. The van der Waals surface area contributed by atoms with E-state index >= 15 is 0 Å². The van der Waals surface area contributed by atoms with Gasteiger partial charge in [0.25, 0.3) is 0 Å². The van der Waals surface area contributed by atoms with Gasteiger partial charge < -0.3 is 14.8 Å². The Kier molecular flexibility index (Phi) is 3.76. The van der Waals surface area contributed by atoms with Crippen LogP contribution in [0.25, 0.3) is 0 Å². The summed E-state index contributed by atoms with van der Waals surface area (Å²) in [6, 6.07) is 0.662. The number of imidazole rings is 1. The Bertz CT molecular complexity index is 453. The van der Waals surface area contributed by atoms with Gasteiger partial charge in [-0.3, -0.25) is 0 Å². The molecule has 1 aromatic heterocycles. The van der Waals surface area contributed by atoms with Crippen LogP contribution in [0.3, 0.4) is 0 Å². The molecule has 2 aliphatic rings. The van der Waals surface area contributed by atoms with Crippen LogP contribution in [0.4, 0.5) is 5.95 Å². The minimum Gasteiger partial charge on any atom is -0.354 e. The van der Waals surface area contributed by atoms with E-state index in [2.05, 4.69) is 42.0 Å². The van der Waals surface area contributed by atoms with E-state index in [9.17, 15) is 0 Å². The monoisotopic (exact) mass is 276 g/mol. The summed E-state index contributed by atoms with van der Waals surface area (Å²) in [6.07, 6.45) is 11.5. The number of nitrogens with one attached hydrogen (secondary N) is 1. The first kappa shape index (κ1) is 13.9. The molecule has 0 aromatic carbocycles. The summed E-state index contributed by atoms with van der Waals surface area (Å²) in [7, 11) is 4.41. The molecule has 2 aliphatic carbocycles. The van der Waals surface area contributed by atoms with Crippen molar-refractivity contribution in [2.75, 3.05) is 26.0 Å². The summed E-state index contributed by atoms with van der Waals surface area (Å²) in [6.45, 7) is 3.12. The maximum Gasteiger partial charge on any atom is 0.203 e. The largest absolute Gasteiger partial charge is 0.354 e. The van der Waals surface area contributed by atoms with Crippen LogP contribution in [0.2, 0.25) is 0 Å². The number of likely N-dealkylation sites (N-methyl/N-ethyl adjacent to an activating group) is 1. The van der Waals surface area contributed by atoms with Crippen LogP contribution in [0.1, 0.15) is 56.7 Å². The van der Waals surface area contributed by atoms with E-state index in [1.165, 1.54) is 44.9 Å². The van der Waals surface area contributed by atoms with E-state index in [4.69, 9.17) is 4.98 Å². The highest BCUT2D eigenvalue weighted by Crippen LogP contribution is 2.37. The van der Waals surface area contributed by atoms with Crippen LogP contribution in [0.5, 0.6) is 0 Å². The highest BCUT2D eigenvalue weighted by Gasteiger charge is 2.39. The summed E-state index contributed by atoms with van der Waals surface area (Å²) in [5.74, 6) is 1.09. The summed E-state index contributed by atoms with van der Waals surface area (Å²) in [4.78, 5) is 7.10.